The van der Waals surface area contributed by atoms with Crippen LogP contribution >= 0.6 is 0 Å². The van der Waals surface area contributed by atoms with Crippen LogP contribution in [0.15, 0.2) is 0 Å². The number of carbonyl (C=O) groups excluding carboxylic acids is 1. The summed E-state index contributed by atoms with van der Waals surface area (Å²) in [5.74, 6) is 1.91. The third kappa shape index (κ3) is 3.98. The molecule has 1 aliphatic carbocycles. The molecule has 1 saturated carbocycles. The zero-order valence-corrected chi connectivity index (χ0v) is 11.8. The Kier molecular flexibility index (Phi) is 5.48. The quantitative estimate of drug-likeness (QED) is 0.815. The van der Waals surface area contributed by atoms with Crippen molar-refractivity contribution >= 4 is 5.91 Å². The second-order valence-corrected chi connectivity index (χ2v) is 6.09. The van der Waals surface area contributed by atoms with Crippen molar-refractivity contribution in [3.8, 4) is 0 Å². The van der Waals surface area contributed by atoms with Crippen LogP contribution < -0.4 is 5.32 Å². The van der Waals surface area contributed by atoms with Crippen molar-refractivity contribution in [2.24, 2.45) is 11.8 Å². The maximum absolute atomic E-state index is 12.2. The number of nitrogens with one attached hydrogen (secondary N) is 1. The maximum Gasteiger partial charge on any atom is 0.222 e. The van der Waals surface area contributed by atoms with Crippen LogP contribution in [-0.2, 0) is 4.79 Å². The summed E-state index contributed by atoms with van der Waals surface area (Å²) in [7, 11) is 2.00. The molecule has 2 aliphatic rings. The first kappa shape index (κ1) is 13.9. The standard InChI is InChI=1S/C15H28N2O/c1-16-11-14-7-4-10-17(12-14)15(18)9-8-13-5-2-3-6-13/h13-14,16H,2-12H2,1H3. The lowest BCUT2D eigenvalue weighted by Crippen LogP contribution is -2.42. The lowest BCUT2D eigenvalue weighted by molar-refractivity contribution is -0.133. The van der Waals surface area contributed by atoms with E-state index in [4.69, 9.17) is 0 Å². The normalized spacial score (nSPS) is 25.6. The number of likely N-dealkylation sites (tertiary alicyclic amines) is 1. The fraction of sp³-hybridized carbons (Fsp3) is 0.933. The molecule has 0 radical (unpaired) electrons. The summed E-state index contributed by atoms with van der Waals surface area (Å²) in [6, 6.07) is 0. The van der Waals surface area contributed by atoms with E-state index in [0.29, 0.717) is 11.8 Å². The molecule has 0 bridgehead atoms. The van der Waals surface area contributed by atoms with Gasteiger partial charge in [0.1, 0.15) is 0 Å². The molecule has 1 N–H and O–H groups in total. The minimum atomic E-state index is 0.405. The Bertz CT molecular complexity index is 259. The van der Waals surface area contributed by atoms with Crippen LogP contribution in [0.25, 0.3) is 0 Å². The van der Waals surface area contributed by atoms with Crippen molar-refractivity contribution < 1.29 is 4.79 Å². The van der Waals surface area contributed by atoms with E-state index in [1.165, 1.54) is 38.5 Å². The third-order valence-electron chi connectivity index (χ3n) is 4.61. The van der Waals surface area contributed by atoms with Crippen molar-refractivity contribution in [2.75, 3.05) is 26.7 Å². The fourth-order valence-electron chi connectivity index (χ4n) is 3.53. The number of amides is 1. The third-order valence-corrected chi connectivity index (χ3v) is 4.61. The summed E-state index contributed by atoms with van der Waals surface area (Å²) >= 11 is 0. The van der Waals surface area contributed by atoms with Crippen LogP contribution in [-0.4, -0.2) is 37.5 Å². The second kappa shape index (κ2) is 7.13. The number of nitrogens with zero attached hydrogens (tertiary/aromatic N) is 1. The van der Waals surface area contributed by atoms with E-state index in [0.717, 1.165) is 38.4 Å². The maximum atomic E-state index is 12.2. The zero-order valence-electron chi connectivity index (χ0n) is 11.8. The van der Waals surface area contributed by atoms with Gasteiger partial charge in [0.05, 0.1) is 0 Å². The molecule has 2 rings (SSSR count). The highest BCUT2D eigenvalue weighted by molar-refractivity contribution is 5.76. The van der Waals surface area contributed by atoms with E-state index in [9.17, 15) is 4.79 Å². The molecule has 18 heavy (non-hydrogen) atoms. The van der Waals surface area contributed by atoms with Gasteiger partial charge in [-0.05, 0) is 44.7 Å². The summed E-state index contributed by atoms with van der Waals surface area (Å²) in [4.78, 5) is 14.3. The number of hydrogen-bond acceptors (Lipinski definition) is 2. The van der Waals surface area contributed by atoms with Crippen molar-refractivity contribution in [1.29, 1.82) is 0 Å². The van der Waals surface area contributed by atoms with E-state index >= 15 is 0 Å². The molecular weight excluding hydrogens is 224 g/mol. The smallest absolute Gasteiger partial charge is 0.222 e. The van der Waals surface area contributed by atoms with Crippen molar-refractivity contribution in [2.45, 2.75) is 51.4 Å². The van der Waals surface area contributed by atoms with Gasteiger partial charge in [0.2, 0.25) is 5.91 Å². The molecule has 104 valence electrons. The molecule has 1 unspecified atom stereocenters. The molecule has 1 saturated heterocycles. The van der Waals surface area contributed by atoms with Gasteiger partial charge in [-0.2, -0.15) is 0 Å². The molecule has 3 nitrogen and oxygen atoms in total. The first-order valence-corrected chi connectivity index (χ1v) is 7.72. The van der Waals surface area contributed by atoms with E-state index < -0.39 is 0 Å². The van der Waals surface area contributed by atoms with E-state index in [1.807, 2.05) is 7.05 Å². The first-order chi connectivity index (χ1) is 8.79. The Hall–Kier alpha value is -0.570. The number of piperidine rings is 1. The highest BCUT2D eigenvalue weighted by atomic mass is 16.2. The number of rotatable bonds is 5. The summed E-state index contributed by atoms with van der Waals surface area (Å²) in [5, 5.41) is 3.24. The molecule has 1 amide bonds. The minimum absolute atomic E-state index is 0.405. The molecular formula is C15H28N2O. The van der Waals surface area contributed by atoms with Gasteiger partial charge in [0, 0.05) is 19.5 Å². The molecule has 1 atom stereocenters. The van der Waals surface area contributed by atoms with Crippen LogP contribution in [0.4, 0.5) is 0 Å². The van der Waals surface area contributed by atoms with Crippen LogP contribution in [0.1, 0.15) is 51.4 Å². The Morgan fingerprint density at radius 3 is 2.61 bits per heavy atom. The van der Waals surface area contributed by atoms with Crippen molar-refractivity contribution in [3.05, 3.63) is 0 Å². The summed E-state index contributed by atoms with van der Waals surface area (Å²) < 4.78 is 0. The lowest BCUT2D eigenvalue weighted by Gasteiger charge is -2.33. The van der Waals surface area contributed by atoms with E-state index in [1.54, 1.807) is 0 Å². The average Bonchev–Trinajstić information content (AvgIpc) is 2.90. The van der Waals surface area contributed by atoms with E-state index in [-0.39, 0.29) is 0 Å². The van der Waals surface area contributed by atoms with Gasteiger partial charge in [0.15, 0.2) is 0 Å². The summed E-state index contributed by atoms with van der Waals surface area (Å²) in [5.41, 5.74) is 0. The van der Waals surface area contributed by atoms with Crippen LogP contribution in [0.2, 0.25) is 0 Å². The van der Waals surface area contributed by atoms with Crippen molar-refractivity contribution in [3.63, 3.8) is 0 Å². The number of hydrogen-bond donors (Lipinski definition) is 1. The Labute approximate surface area is 111 Å². The van der Waals surface area contributed by atoms with Gasteiger partial charge < -0.3 is 10.2 Å². The average molecular weight is 252 g/mol. The molecule has 1 aliphatic heterocycles. The minimum Gasteiger partial charge on any atom is -0.342 e. The SMILES string of the molecule is CNCC1CCCN(C(=O)CCC2CCCC2)C1. The van der Waals surface area contributed by atoms with Crippen LogP contribution in [0.3, 0.4) is 0 Å². The Morgan fingerprint density at radius 1 is 1.17 bits per heavy atom. The largest absolute Gasteiger partial charge is 0.342 e. The monoisotopic (exact) mass is 252 g/mol. The number of carbonyl (C=O) groups is 1. The molecule has 0 aromatic carbocycles. The topological polar surface area (TPSA) is 32.3 Å². The van der Waals surface area contributed by atoms with Crippen LogP contribution in [0, 0.1) is 11.8 Å². The van der Waals surface area contributed by atoms with Gasteiger partial charge in [-0.1, -0.05) is 25.7 Å². The van der Waals surface area contributed by atoms with Crippen LogP contribution in [0.5, 0.6) is 0 Å². The van der Waals surface area contributed by atoms with Crippen molar-refractivity contribution in [1.82, 2.24) is 10.2 Å². The molecule has 3 heteroatoms. The Morgan fingerprint density at radius 2 is 1.89 bits per heavy atom. The highest BCUT2D eigenvalue weighted by Crippen LogP contribution is 2.29. The molecule has 0 aromatic heterocycles. The molecule has 0 spiro atoms. The summed E-state index contributed by atoms with van der Waals surface area (Å²) in [6.07, 6.45) is 9.85. The second-order valence-electron chi connectivity index (χ2n) is 6.09. The molecule has 1 heterocycles. The fourth-order valence-corrected chi connectivity index (χ4v) is 3.53. The predicted molar refractivity (Wildman–Crippen MR) is 74.4 cm³/mol. The predicted octanol–water partition coefficient (Wildman–Crippen LogP) is 2.41. The zero-order chi connectivity index (χ0) is 12.8. The summed E-state index contributed by atoms with van der Waals surface area (Å²) in [6.45, 7) is 3.01. The van der Waals surface area contributed by atoms with Gasteiger partial charge >= 0.3 is 0 Å². The van der Waals surface area contributed by atoms with E-state index in [2.05, 4.69) is 10.2 Å². The Balaban J connectivity index is 1.70. The molecule has 2 fully saturated rings. The molecule has 0 aromatic rings. The lowest BCUT2D eigenvalue weighted by atomic mass is 9.96. The van der Waals surface area contributed by atoms with Gasteiger partial charge in [-0.15, -0.1) is 0 Å². The van der Waals surface area contributed by atoms with Gasteiger partial charge in [0.25, 0.3) is 0 Å². The van der Waals surface area contributed by atoms with Gasteiger partial charge in [-0.25, -0.2) is 0 Å². The highest BCUT2D eigenvalue weighted by Gasteiger charge is 2.24. The first-order valence-electron chi connectivity index (χ1n) is 7.72. The van der Waals surface area contributed by atoms with Gasteiger partial charge in [-0.3, -0.25) is 4.79 Å².